The quantitative estimate of drug-likeness (QED) is 0.757. The molecule has 5 heteroatoms. The Hall–Kier alpha value is -1.75. The summed E-state index contributed by atoms with van der Waals surface area (Å²) < 4.78 is 15.3. The van der Waals surface area contributed by atoms with Gasteiger partial charge in [0.25, 0.3) is 0 Å². The molecular formula is C16H23FN4. The van der Waals surface area contributed by atoms with E-state index in [1.807, 2.05) is 10.7 Å². The van der Waals surface area contributed by atoms with Gasteiger partial charge in [0.1, 0.15) is 11.5 Å². The Morgan fingerprint density at radius 1 is 1.19 bits per heavy atom. The second-order valence-electron chi connectivity index (χ2n) is 5.24. The molecular weight excluding hydrogens is 267 g/mol. The lowest BCUT2D eigenvalue weighted by Crippen LogP contribution is -2.05. The van der Waals surface area contributed by atoms with Crippen LogP contribution in [-0.4, -0.2) is 15.0 Å². The lowest BCUT2D eigenvalue weighted by Gasteiger charge is -2.08. The molecule has 0 bridgehead atoms. The van der Waals surface area contributed by atoms with E-state index in [1.54, 1.807) is 6.07 Å². The van der Waals surface area contributed by atoms with Crippen LogP contribution in [0, 0.1) is 5.82 Å². The van der Waals surface area contributed by atoms with E-state index in [-0.39, 0.29) is 5.82 Å². The molecule has 4 nitrogen and oxygen atoms in total. The van der Waals surface area contributed by atoms with Crippen molar-refractivity contribution < 1.29 is 4.39 Å². The van der Waals surface area contributed by atoms with Gasteiger partial charge in [0.2, 0.25) is 0 Å². The van der Waals surface area contributed by atoms with Crippen LogP contribution >= 0.6 is 0 Å². The molecule has 1 aromatic heterocycles. The Balaban J connectivity index is 2.13. The highest BCUT2D eigenvalue weighted by Crippen LogP contribution is 2.23. The van der Waals surface area contributed by atoms with Crippen LogP contribution in [0.4, 0.5) is 4.39 Å². The van der Waals surface area contributed by atoms with E-state index < -0.39 is 0 Å². The zero-order valence-corrected chi connectivity index (χ0v) is 12.6. The molecule has 2 aromatic rings. The number of nitrogens with two attached hydrogens (primary N) is 1. The van der Waals surface area contributed by atoms with Crippen molar-refractivity contribution in [2.24, 2.45) is 5.73 Å². The number of nitrogens with zero attached hydrogens (tertiary/aromatic N) is 3. The summed E-state index contributed by atoms with van der Waals surface area (Å²) in [4.78, 5) is 0. The SMILES string of the molecule is CCCCCCCn1nnc(CN)c1-c1cccc(F)c1. The number of hydrogen-bond acceptors (Lipinski definition) is 3. The Labute approximate surface area is 125 Å². The lowest BCUT2D eigenvalue weighted by atomic mass is 10.1. The molecule has 0 aliphatic heterocycles. The molecule has 0 spiro atoms. The Morgan fingerprint density at radius 3 is 2.71 bits per heavy atom. The molecule has 0 saturated heterocycles. The fourth-order valence-electron chi connectivity index (χ4n) is 2.46. The second-order valence-corrected chi connectivity index (χ2v) is 5.24. The van der Waals surface area contributed by atoms with Gasteiger partial charge in [-0.2, -0.15) is 0 Å². The molecule has 0 aliphatic carbocycles. The molecule has 1 aromatic carbocycles. The number of aryl methyl sites for hydroxylation is 1. The van der Waals surface area contributed by atoms with E-state index in [2.05, 4.69) is 17.2 Å². The van der Waals surface area contributed by atoms with Gasteiger partial charge < -0.3 is 5.73 Å². The van der Waals surface area contributed by atoms with Gasteiger partial charge >= 0.3 is 0 Å². The number of halogens is 1. The first-order valence-electron chi connectivity index (χ1n) is 7.64. The maximum Gasteiger partial charge on any atom is 0.123 e. The fraction of sp³-hybridized carbons (Fsp3) is 0.500. The molecule has 0 fully saturated rings. The lowest BCUT2D eigenvalue weighted by molar-refractivity contribution is 0.524. The van der Waals surface area contributed by atoms with E-state index in [1.165, 1.54) is 37.8 Å². The zero-order chi connectivity index (χ0) is 15.1. The minimum atomic E-state index is -0.258. The molecule has 2 rings (SSSR count). The number of benzene rings is 1. The van der Waals surface area contributed by atoms with Crippen molar-refractivity contribution in [3.63, 3.8) is 0 Å². The zero-order valence-electron chi connectivity index (χ0n) is 12.6. The van der Waals surface area contributed by atoms with Gasteiger partial charge in [-0.05, 0) is 18.6 Å². The van der Waals surface area contributed by atoms with Gasteiger partial charge in [-0.3, -0.25) is 0 Å². The highest BCUT2D eigenvalue weighted by atomic mass is 19.1. The molecule has 0 unspecified atom stereocenters. The van der Waals surface area contributed by atoms with E-state index in [9.17, 15) is 4.39 Å². The topological polar surface area (TPSA) is 56.7 Å². The third-order valence-corrected chi connectivity index (χ3v) is 3.57. The van der Waals surface area contributed by atoms with Crippen molar-refractivity contribution >= 4 is 0 Å². The Kier molecular flexibility index (Phi) is 5.87. The second kappa shape index (κ2) is 7.88. The number of rotatable bonds is 8. The summed E-state index contributed by atoms with van der Waals surface area (Å²) in [5.41, 5.74) is 8.07. The molecule has 21 heavy (non-hydrogen) atoms. The normalized spacial score (nSPS) is 11.0. The summed E-state index contributed by atoms with van der Waals surface area (Å²) in [6.45, 7) is 3.30. The summed E-state index contributed by atoms with van der Waals surface area (Å²) in [7, 11) is 0. The van der Waals surface area contributed by atoms with E-state index >= 15 is 0 Å². The van der Waals surface area contributed by atoms with Gasteiger partial charge in [-0.25, -0.2) is 9.07 Å². The van der Waals surface area contributed by atoms with Crippen molar-refractivity contribution in [1.29, 1.82) is 0 Å². The van der Waals surface area contributed by atoms with E-state index in [4.69, 9.17) is 5.73 Å². The molecule has 0 radical (unpaired) electrons. The number of hydrogen-bond donors (Lipinski definition) is 1. The van der Waals surface area contributed by atoms with Crippen molar-refractivity contribution in [2.75, 3.05) is 0 Å². The molecule has 114 valence electrons. The van der Waals surface area contributed by atoms with E-state index in [0.717, 1.165) is 24.2 Å². The number of aromatic nitrogens is 3. The first-order chi connectivity index (χ1) is 10.3. The first kappa shape index (κ1) is 15.6. The van der Waals surface area contributed by atoms with Gasteiger partial charge in [0.15, 0.2) is 0 Å². The van der Waals surface area contributed by atoms with Crippen LogP contribution in [0.5, 0.6) is 0 Å². The summed E-state index contributed by atoms with van der Waals surface area (Å²) in [6, 6.07) is 6.51. The minimum absolute atomic E-state index is 0.258. The Bertz CT molecular complexity index is 565. The van der Waals surface area contributed by atoms with Gasteiger partial charge in [0, 0.05) is 18.7 Å². The Morgan fingerprint density at radius 2 is 2.00 bits per heavy atom. The van der Waals surface area contributed by atoms with Crippen LogP contribution in [0.1, 0.15) is 44.7 Å². The molecule has 0 saturated carbocycles. The third kappa shape index (κ3) is 4.11. The average Bonchev–Trinajstić information content (AvgIpc) is 2.90. The molecule has 1 heterocycles. The van der Waals surface area contributed by atoms with Crippen molar-refractivity contribution in [3.05, 3.63) is 35.8 Å². The van der Waals surface area contributed by atoms with Crippen LogP contribution in [-0.2, 0) is 13.1 Å². The molecule has 0 atom stereocenters. The van der Waals surface area contributed by atoms with Crippen LogP contribution in [0.2, 0.25) is 0 Å². The van der Waals surface area contributed by atoms with Crippen molar-refractivity contribution in [1.82, 2.24) is 15.0 Å². The smallest absolute Gasteiger partial charge is 0.123 e. The van der Waals surface area contributed by atoms with Gasteiger partial charge in [-0.1, -0.05) is 50.0 Å². The molecule has 2 N–H and O–H groups in total. The highest BCUT2D eigenvalue weighted by molar-refractivity contribution is 5.61. The first-order valence-corrected chi connectivity index (χ1v) is 7.64. The maximum absolute atomic E-state index is 13.4. The van der Waals surface area contributed by atoms with E-state index in [0.29, 0.717) is 12.2 Å². The fourth-order valence-corrected chi connectivity index (χ4v) is 2.46. The standard InChI is InChI=1S/C16H23FN4/c1-2-3-4-5-6-10-21-16(15(12-18)19-20-21)13-8-7-9-14(17)11-13/h7-9,11H,2-6,10,12,18H2,1H3. The maximum atomic E-state index is 13.4. The monoisotopic (exact) mass is 290 g/mol. The molecule has 0 amide bonds. The van der Waals surface area contributed by atoms with Crippen LogP contribution in [0.15, 0.2) is 24.3 Å². The van der Waals surface area contributed by atoms with Crippen LogP contribution < -0.4 is 5.73 Å². The molecule has 0 aliphatic rings. The highest BCUT2D eigenvalue weighted by Gasteiger charge is 2.14. The van der Waals surface area contributed by atoms with Crippen molar-refractivity contribution in [2.45, 2.75) is 52.1 Å². The number of unbranched alkanes of at least 4 members (excludes halogenated alkanes) is 4. The summed E-state index contributed by atoms with van der Waals surface area (Å²) >= 11 is 0. The summed E-state index contributed by atoms with van der Waals surface area (Å²) in [5.74, 6) is -0.258. The predicted octanol–water partition coefficient (Wildman–Crippen LogP) is 3.51. The average molecular weight is 290 g/mol. The van der Waals surface area contributed by atoms with Crippen LogP contribution in [0.3, 0.4) is 0 Å². The predicted molar refractivity (Wildman–Crippen MR) is 82.1 cm³/mol. The summed E-state index contributed by atoms with van der Waals surface area (Å²) in [5, 5.41) is 8.30. The van der Waals surface area contributed by atoms with Gasteiger partial charge in [0.05, 0.1) is 5.69 Å². The van der Waals surface area contributed by atoms with Crippen LogP contribution in [0.25, 0.3) is 11.3 Å². The van der Waals surface area contributed by atoms with Gasteiger partial charge in [-0.15, -0.1) is 5.10 Å². The summed E-state index contributed by atoms with van der Waals surface area (Å²) in [6.07, 6.45) is 5.96. The van der Waals surface area contributed by atoms with Crippen molar-refractivity contribution in [3.8, 4) is 11.3 Å². The minimum Gasteiger partial charge on any atom is -0.325 e. The largest absolute Gasteiger partial charge is 0.325 e. The third-order valence-electron chi connectivity index (χ3n) is 3.57.